The SMILES string of the molecule is CC(C)CCOCCc1ccc2nc(N)[nH]c2c1. The molecule has 0 aliphatic carbocycles. The molecule has 3 N–H and O–H groups in total. The summed E-state index contributed by atoms with van der Waals surface area (Å²) in [5.41, 5.74) is 8.77. The Morgan fingerprint density at radius 3 is 2.94 bits per heavy atom. The van der Waals surface area contributed by atoms with Gasteiger partial charge < -0.3 is 15.5 Å². The molecule has 0 saturated heterocycles. The van der Waals surface area contributed by atoms with Gasteiger partial charge in [-0.15, -0.1) is 0 Å². The van der Waals surface area contributed by atoms with Crippen LogP contribution in [0.3, 0.4) is 0 Å². The fourth-order valence-corrected chi connectivity index (χ4v) is 1.84. The minimum Gasteiger partial charge on any atom is -0.381 e. The zero-order chi connectivity index (χ0) is 13.0. The Labute approximate surface area is 108 Å². The largest absolute Gasteiger partial charge is 0.381 e. The third-order valence-electron chi connectivity index (χ3n) is 2.94. The summed E-state index contributed by atoms with van der Waals surface area (Å²) >= 11 is 0. The van der Waals surface area contributed by atoms with Gasteiger partial charge >= 0.3 is 0 Å². The Balaban J connectivity index is 1.84. The van der Waals surface area contributed by atoms with Crippen molar-refractivity contribution in [2.75, 3.05) is 18.9 Å². The second-order valence-electron chi connectivity index (χ2n) is 5.02. The standard InChI is InChI=1S/C14H21N3O/c1-10(2)5-7-18-8-6-11-3-4-12-13(9-11)17-14(15)16-12/h3-4,9-10H,5-8H2,1-2H3,(H3,15,16,17). The molecule has 18 heavy (non-hydrogen) atoms. The van der Waals surface area contributed by atoms with Gasteiger partial charge in [-0.05, 0) is 36.5 Å². The van der Waals surface area contributed by atoms with Gasteiger partial charge in [0.25, 0.3) is 0 Å². The van der Waals surface area contributed by atoms with Gasteiger partial charge in [-0.1, -0.05) is 19.9 Å². The van der Waals surface area contributed by atoms with E-state index in [9.17, 15) is 0 Å². The Morgan fingerprint density at radius 1 is 1.33 bits per heavy atom. The fourth-order valence-electron chi connectivity index (χ4n) is 1.84. The molecule has 0 amide bonds. The summed E-state index contributed by atoms with van der Waals surface area (Å²) in [4.78, 5) is 7.22. The minimum atomic E-state index is 0.468. The summed E-state index contributed by atoms with van der Waals surface area (Å²) in [6, 6.07) is 6.16. The first kappa shape index (κ1) is 12.9. The van der Waals surface area contributed by atoms with Crippen molar-refractivity contribution in [3.63, 3.8) is 0 Å². The first-order valence-electron chi connectivity index (χ1n) is 6.47. The molecular weight excluding hydrogens is 226 g/mol. The van der Waals surface area contributed by atoms with E-state index in [1.165, 1.54) is 5.56 Å². The van der Waals surface area contributed by atoms with Crippen molar-refractivity contribution in [2.24, 2.45) is 5.92 Å². The Morgan fingerprint density at radius 2 is 2.17 bits per heavy atom. The number of aromatic nitrogens is 2. The van der Waals surface area contributed by atoms with Crippen LogP contribution < -0.4 is 5.73 Å². The molecule has 0 saturated carbocycles. The molecule has 0 spiro atoms. The average Bonchev–Trinajstić information content (AvgIpc) is 2.67. The number of imidazole rings is 1. The number of aromatic amines is 1. The number of hydrogen-bond acceptors (Lipinski definition) is 3. The Bertz CT molecular complexity index is 505. The van der Waals surface area contributed by atoms with Crippen molar-refractivity contribution >= 4 is 17.0 Å². The van der Waals surface area contributed by atoms with Crippen LogP contribution in [-0.4, -0.2) is 23.2 Å². The summed E-state index contributed by atoms with van der Waals surface area (Å²) in [7, 11) is 0. The molecule has 1 aromatic carbocycles. The second kappa shape index (κ2) is 5.87. The number of rotatable bonds is 6. The molecule has 4 heteroatoms. The lowest BCUT2D eigenvalue weighted by Crippen LogP contribution is -2.02. The predicted molar refractivity (Wildman–Crippen MR) is 74.5 cm³/mol. The lowest BCUT2D eigenvalue weighted by Gasteiger charge is -2.06. The smallest absolute Gasteiger partial charge is 0.198 e. The van der Waals surface area contributed by atoms with Gasteiger partial charge in [0.05, 0.1) is 17.6 Å². The van der Waals surface area contributed by atoms with Crippen LogP contribution in [-0.2, 0) is 11.2 Å². The summed E-state index contributed by atoms with van der Waals surface area (Å²) in [6.07, 6.45) is 2.04. The van der Waals surface area contributed by atoms with Crippen LogP contribution in [0, 0.1) is 5.92 Å². The van der Waals surface area contributed by atoms with E-state index in [1.807, 2.05) is 6.07 Å². The monoisotopic (exact) mass is 247 g/mol. The quantitative estimate of drug-likeness (QED) is 0.771. The molecule has 98 valence electrons. The zero-order valence-corrected chi connectivity index (χ0v) is 11.1. The summed E-state index contributed by atoms with van der Waals surface area (Å²) in [5.74, 6) is 1.17. The molecule has 4 nitrogen and oxygen atoms in total. The number of hydrogen-bond donors (Lipinski definition) is 2. The molecule has 2 aromatic rings. The van der Waals surface area contributed by atoms with E-state index in [2.05, 4.69) is 35.9 Å². The maximum Gasteiger partial charge on any atom is 0.198 e. The van der Waals surface area contributed by atoms with Crippen LogP contribution >= 0.6 is 0 Å². The lowest BCUT2D eigenvalue weighted by atomic mass is 10.1. The van der Waals surface area contributed by atoms with Gasteiger partial charge in [0.2, 0.25) is 0 Å². The van der Waals surface area contributed by atoms with Crippen molar-refractivity contribution in [2.45, 2.75) is 26.7 Å². The van der Waals surface area contributed by atoms with Crippen molar-refractivity contribution in [3.8, 4) is 0 Å². The van der Waals surface area contributed by atoms with Crippen LogP contribution in [0.25, 0.3) is 11.0 Å². The molecule has 1 heterocycles. The van der Waals surface area contributed by atoms with E-state index < -0.39 is 0 Å². The zero-order valence-electron chi connectivity index (χ0n) is 11.1. The molecule has 0 bridgehead atoms. The highest BCUT2D eigenvalue weighted by Crippen LogP contribution is 2.15. The fraction of sp³-hybridized carbons (Fsp3) is 0.500. The maximum absolute atomic E-state index is 5.62. The summed E-state index contributed by atoms with van der Waals surface area (Å²) in [5, 5.41) is 0. The van der Waals surface area contributed by atoms with Crippen LogP contribution in [0.5, 0.6) is 0 Å². The number of nitrogens with one attached hydrogen (secondary N) is 1. The molecule has 0 radical (unpaired) electrons. The van der Waals surface area contributed by atoms with Gasteiger partial charge in [0.15, 0.2) is 5.95 Å². The van der Waals surface area contributed by atoms with Crippen LogP contribution in [0.1, 0.15) is 25.8 Å². The van der Waals surface area contributed by atoms with Gasteiger partial charge in [-0.25, -0.2) is 4.98 Å². The number of fused-ring (bicyclic) bond motifs is 1. The molecular formula is C14H21N3O. The van der Waals surface area contributed by atoms with Crippen LogP contribution in [0.15, 0.2) is 18.2 Å². The van der Waals surface area contributed by atoms with Crippen LogP contribution in [0.2, 0.25) is 0 Å². The summed E-state index contributed by atoms with van der Waals surface area (Å²) in [6.45, 7) is 6.03. The Hall–Kier alpha value is -1.55. The number of nitrogen functional groups attached to an aromatic ring is 1. The second-order valence-corrected chi connectivity index (χ2v) is 5.02. The molecule has 2 rings (SSSR count). The van der Waals surface area contributed by atoms with E-state index >= 15 is 0 Å². The number of nitrogens with zero attached hydrogens (tertiary/aromatic N) is 1. The number of nitrogens with two attached hydrogens (primary N) is 1. The third-order valence-corrected chi connectivity index (χ3v) is 2.94. The highest BCUT2D eigenvalue weighted by Gasteiger charge is 2.01. The van der Waals surface area contributed by atoms with Gasteiger partial charge in [0.1, 0.15) is 0 Å². The molecule has 0 fully saturated rings. The summed E-state index contributed by atoms with van der Waals surface area (Å²) < 4.78 is 5.62. The molecule has 0 aliphatic rings. The maximum atomic E-state index is 5.62. The van der Waals surface area contributed by atoms with Gasteiger partial charge in [-0.3, -0.25) is 0 Å². The van der Waals surface area contributed by atoms with E-state index in [1.54, 1.807) is 0 Å². The molecule has 0 unspecified atom stereocenters. The van der Waals surface area contributed by atoms with E-state index in [0.29, 0.717) is 11.9 Å². The third kappa shape index (κ3) is 3.47. The molecule has 0 atom stereocenters. The minimum absolute atomic E-state index is 0.468. The van der Waals surface area contributed by atoms with Crippen molar-refractivity contribution in [3.05, 3.63) is 23.8 Å². The number of benzene rings is 1. The predicted octanol–water partition coefficient (Wildman–Crippen LogP) is 2.75. The van der Waals surface area contributed by atoms with Crippen molar-refractivity contribution in [1.82, 2.24) is 9.97 Å². The van der Waals surface area contributed by atoms with Gasteiger partial charge in [0, 0.05) is 6.61 Å². The first-order chi connectivity index (χ1) is 8.65. The molecule has 1 aromatic heterocycles. The number of H-pyrrole nitrogens is 1. The normalized spacial score (nSPS) is 11.5. The number of ether oxygens (including phenoxy) is 1. The van der Waals surface area contributed by atoms with Crippen LogP contribution in [0.4, 0.5) is 5.95 Å². The van der Waals surface area contributed by atoms with Crippen molar-refractivity contribution < 1.29 is 4.74 Å². The average molecular weight is 247 g/mol. The highest BCUT2D eigenvalue weighted by atomic mass is 16.5. The topological polar surface area (TPSA) is 63.9 Å². The first-order valence-corrected chi connectivity index (χ1v) is 6.47. The van der Waals surface area contributed by atoms with Crippen molar-refractivity contribution in [1.29, 1.82) is 0 Å². The van der Waals surface area contributed by atoms with Gasteiger partial charge in [-0.2, -0.15) is 0 Å². The Kier molecular flexibility index (Phi) is 4.20. The molecule has 0 aliphatic heterocycles. The van der Waals surface area contributed by atoms with E-state index in [-0.39, 0.29) is 0 Å². The van der Waals surface area contributed by atoms with E-state index in [0.717, 1.165) is 37.1 Å². The highest BCUT2D eigenvalue weighted by molar-refractivity contribution is 5.77. The van der Waals surface area contributed by atoms with E-state index in [4.69, 9.17) is 10.5 Å². The lowest BCUT2D eigenvalue weighted by molar-refractivity contribution is 0.126. The number of anilines is 1.